The molecule has 0 spiro atoms. The second-order valence-electron chi connectivity index (χ2n) is 7.99. The van der Waals surface area contributed by atoms with Crippen LogP contribution in [0.15, 0.2) is 68.3 Å². The lowest BCUT2D eigenvalue weighted by Gasteiger charge is -2.26. The Hall–Kier alpha value is -3.86. The van der Waals surface area contributed by atoms with E-state index in [1.165, 1.54) is 31.4 Å². The summed E-state index contributed by atoms with van der Waals surface area (Å²) >= 11 is 3.19. The van der Waals surface area contributed by atoms with Crippen molar-refractivity contribution in [2.75, 3.05) is 12.0 Å². The van der Waals surface area contributed by atoms with E-state index in [1.54, 1.807) is 0 Å². The Balaban J connectivity index is 1.83. The average molecular weight is 564 g/mol. The number of fused-ring (bicyclic) bond motifs is 2. The monoisotopic (exact) mass is 563 g/mol. The maximum atomic E-state index is 13.9. The number of phenols is 1. The number of alkyl halides is 3. The van der Waals surface area contributed by atoms with Gasteiger partial charge < -0.3 is 14.3 Å². The molecular formula is C25H14BrF4NO5. The number of halogens is 5. The Labute approximate surface area is 208 Å². The molecule has 184 valence electrons. The number of anilines is 1. The normalized spacial score (nSPS) is 15.4. The van der Waals surface area contributed by atoms with Gasteiger partial charge in [0.1, 0.15) is 11.4 Å². The number of amides is 1. The molecule has 5 rings (SSSR count). The van der Waals surface area contributed by atoms with E-state index in [1.807, 2.05) is 0 Å². The second kappa shape index (κ2) is 8.37. The first-order chi connectivity index (χ1) is 17.0. The van der Waals surface area contributed by atoms with Gasteiger partial charge in [0.25, 0.3) is 5.91 Å². The number of hydrogen-bond acceptors (Lipinski definition) is 5. The van der Waals surface area contributed by atoms with E-state index in [9.17, 15) is 32.3 Å². The van der Waals surface area contributed by atoms with Gasteiger partial charge in [0.05, 0.1) is 34.1 Å². The molecule has 36 heavy (non-hydrogen) atoms. The zero-order valence-electron chi connectivity index (χ0n) is 18.2. The van der Waals surface area contributed by atoms with Gasteiger partial charge in [-0.1, -0.05) is 6.07 Å². The molecule has 1 aliphatic rings. The number of hydrogen-bond donors (Lipinski definition) is 1. The molecule has 0 fully saturated rings. The number of methoxy groups -OCH3 is 1. The number of carbonyl (C=O) groups is 1. The average Bonchev–Trinajstić information content (AvgIpc) is 3.13. The van der Waals surface area contributed by atoms with Crippen molar-refractivity contribution in [3.05, 3.63) is 97.6 Å². The van der Waals surface area contributed by atoms with Gasteiger partial charge in [-0.15, -0.1) is 0 Å². The maximum absolute atomic E-state index is 13.9. The fraction of sp³-hybridized carbons (Fsp3) is 0.120. The highest BCUT2D eigenvalue weighted by molar-refractivity contribution is 9.10. The van der Waals surface area contributed by atoms with Crippen LogP contribution < -0.4 is 15.1 Å². The minimum absolute atomic E-state index is 0.0134. The smallest absolute Gasteiger partial charge is 0.416 e. The summed E-state index contributed by atoms with van der Waals surface area (Å²) in [5.41, 5.74) is -1.88. The summed E-state index contributed by atoms with van der Waals surface area (Å²) in [6.45, 7) is 0. The molecule has 11 heteroatoms. The lowest BCUT2D eigenvalue weighted by atomic mass is 9.97. The highest BCUT2D eigenvalue weighted by Gasteiger charge is 2.45. The van der Waals surface area contributed by atoms with E-state index < -0.39 is 34.9 Å². The first-order valence-corrected chi connectivity index (χ1v) is 11.1. The SMILES string of the molecule is COc1cc(C2c3c(oc4ccc(F)cc4c3=O)C(=O)N2c2cccc(C(F)(F)F)c2)cc(Br)c1O. The number of benzene rings is 3. The van der Waals surface area contributed by atoms with Crippen molar-refractivity contribution in [1.82, 2.24) is 0 Å². The van der Waals surface area contributed by atoms with E-state index >= 15 is 0 Å². The molecule has 0 radical (unpaired) electrons. The standard InChI is InChI=1S/C25H14BrF4NO5/c1-35-18-8-11(7-16(26)22(18)33)20-19-21(32)15-10-13(27)5-6-17(15)36-23(19)24(34)31(20)14-4-2-3-12(9-14)25(28,29)30/h2-10,20,33H,1H3. The van der Waals surface area contributed by atoms with Crippen molar-refractivity contribution in [2.24, 2.45) is 0 Å². The molecule has 0 saturated carbocycles. The van der Waals surface area contributed by atoms with Crippen LogP contribution in [0.1, 0.15) is 33.3 Å². The summed E-state index contributed by atoms with van der Waals surface area (Å²) in [5, 5.41) is 10.1. The summed E-state index contributed by atoms with van der Waals surface area (Å²) in [7, 11) is 1.29. The summed E-state index contributed by atoms with van der Waals surface area (Å²) in [4.78, 5) is 28.1. The highest BCUT2D eigenvalue weighted by Crippen LogP contribution is 2.46. The van der Waals surface area contributed by atoms with Crippen molar-refractivity contribution >= 4 is 38.5 Å². The molecule has 1 unspecified atom stereocenters. The fourth-order valence-electron chi connectivity index (χ4n) is 4.27. The number of rotatable bonds is 3. The molecule has 3 aromatic carbocycles. The number of nitrogens with zero attached hydrogens (tertiary/aromatic N) is 1. The van der Waals surface area contributed by atoms with Gasteiger partial charge in [-0.05, 0) is 70.0 Å². The minimum atomic E-state index is -4.69. The van der Waals surface area contributed by atoms with Gasteiger partial charge in [0.15, 0.2) is 16.9 Å². The fourth-order valence-corrected chi connectivity index (χ4v) is 4.73. The Bertz CT molecular complexity index is 1620. The van der Waals surface area contributed by atoms with Crippen LogP contribution >= 0.6 is 15.9 Å². The van der Waals surface area contributed by atoms with Crippen LogP contribution in [0.2, 0.25) is 0 Å². The van der Waals surface area contributed by atoms with E-state index in [0.29, 0.717) is 0 Å². The number of phenolic OH excluding ortho intramolecular Hbond substituents is 1. The predicted molar refractivity (Wildman–Crippen MR) is 125 cm³/mol. The molecule has 1 aliphatic heterocycles. The van der Waals surface area contributed by atoms with Crippen LogP contribution in [-0.4, -0.2) is 18.1 Å². The van der Waals surface area contributed by atoms with Crippen LogP contribution in [0.3, 0.4) is 0 Å². The largest absolute Gasteiger partial charge is 0.503 e. The van der Waals surface area contributed by atoms with Crippen LogP contribution in [0.5, 0.6) is 11.5 Å². The third-order valence-corrected chi connectivity index (χ3v) is 6.47. The van der Waals surface area contributed by atoms with Crippen molar-refractivity contribution in [1.29, 1.82) is 0 Å². The van der Waals surface area contributed by atoms with Crippen LogP contribution in [0.4, 0.5) is 23.2 Å². The predicted octanol–water partition coefficient (Wildman–Crippen LogP) is 6.18. The molecule has 6 nitrogen and oxygen atoms in total. The number of carbonyl (C=O) groups excluding carboxylic acids is 1. The van der Waals surface area contributed by atoms with Gasteiger partial charge in [-0.25, -0.2) is 4.39 Å². The van der Waals surface area contributed by atoms with E-state index in [-0.39, 0.29) is 49.5 Å². The van der Waals surface area contributed by atoms with E-state index in [0.717, 1.165) is 35.2 Å². The second-order valence-corrected chi connectivity index (χ2v) is 8.85. The molecule has 1 atom stereocenters. The highest BCUT2D eigenvalue weighted by atomic mass is 79.9. The first-order valence-electron chi connectivity index (χ1n) is 10.3. The van der Waals surface area contributed by atoms with Crippen LogP contribution in [0, 0.1) is 5.82 Å². The summed E-state index contributed by atoms with van der Waals surface area (Å²) < 4.78 is 65.4. The molecular weight excluding hydrogens is 550 g/mol. The first kappa shape index (κ1) is 23.9. The number of ether oxygens (including phenoxy) is 1. The molecule has 4 aromatic rings. The molecule has 0 aliphatic carbocycles. The van der Waals surface area contributed by atoms with Crippen molar-refractivity contribution in [3.63, 3.8) is 0 Å². The maximum Gasteiger partial charge on any atom is 0.416 e. The quantitative estimate of drug-likeness (QED) is 0.301. The topological polar surface area (TPSA) is 80.0 Å². The third-order valence-electron chi connectivity index (χ3n) is 5.87. The Morgan fingerprint density at radius 1 is 1.08 bits per heavy atom. The Morgan fingerprint density at radius 3 is 2.53 bits per heavy atom. The van der Waals surface area contributed by atoms with E-state index in [4.69, 9.17) is 9.15 Å². The van der Waals surface area contributed by atoms with Crippen LogP contribution in [-0.2, 0) is 6.18 Å². The zero-order chi connectivity index (χ0) is 25.9. The van der Waals surface area contributed by atoms with Crippen LogP contribution in [0.25, 0.3) is 11.0 Å². The molecule has 1 amide bonds. The number of aromatic hydroxyl groups is 1. The lowest BCUT2D eigenvalue weighted by Crippen LogP contribution is -2.29. The molecule has 1 aromatic heterocycles. The molecule has 2 heterocycles. The Morgan fingerprint density at radius 2 is 1.83 bits per heavy atom. The van der Waals surface area contributed by atoms with Gasteiger partial charge in [-0.3, -0.25) is 14.5 Å². The van der Waals surface area contributed by atoms with Gasteiger partial charge >= 0.3 is 6.18 Å². The van der Waals surface area contributed by atoms with Gasteiger partial charge in [0, 0.05) is 5.69 Å². The van der Waals surface area contributed by atoms with Gasteiger partial charge in [-0.2, -0.15) is 13.2 Å². The van der Waals surface area contributed by atoms with Crippen molar-refractivity contribution in [3.8, 4) is 11.5 Å². The Kier molecular flexibility index (Phi) is 5.55. The summed E-state index contributed by atoms with van der Waals surface area (Å²) in [6.07, 6.45) is -4.69. The molecule has 0 bridgehead atoms. The molecule has 1 N–H and O–H groups in total. The molecule has 0 saturated heterocycles. The minimum Gasteiger partial charge on any atom is -0.503 e. The lowest BCUT2D eigenvalue weighted by molar-refractivity contribution is -0.137. The van der Waals surface area contributed by atoms with Gasteiger partial charge in [0.2, 0.25) is 5.76 Å². The third kappa shape index (κ3) is 3.70. The zero-order valence-corrected chi connectivity index (χ0v) is 19.8. The summed E-state index contributed by atoms with van der Waals surface area (Å²) in [6, 6.07) is 8.77. The summed E-state index contributed by atoms with van der Waals surface area (Å²) in [5.74, 6) is -2.23. The van der Waals surface area contributed by atoms with E-state index in [2.05, 4.69) is 15.9 Å². The van der Waals surface area contributed by atoms with Crippen molar-refractivity contribution < 1.29 is 36.6 Å². The van der Waals surface area contributed by atoms with Crippen molar-refractivity contribution in [2.45, 2.75) is 12.2 Å².